The molecule has 3 N–H and O–H groups in total. The van der Waals surface area contributed by atoms with Crippen LogP contribution in [0, 0.1) is 0 Å². The fraction of sp³-hybridized carbons (Fsp3) is 0.435. The van der Waals surface area contributed by atoms with Crippen LogP contribution in [0.25, 0.3) is 0 Å². The number of primary amides is 1. The van der Waals surface area contributed by atoms with Gasteiger partial charge in [-0.25, -0.2) is 4.98 Å². The maximum absolute atomic E-state index is 12.8. The first-order valence-electron chi connectivity index (χ1n) is 10.8. The molecule has 1 heterocycles. The number of nitrogens with one attached hydrogen (secondary N) is 1. The van der Waals surface area contributed by atoms with Crippen molar-refractivity contribution in [3.05, 3.63) is 52.1 Å². The summed E-state index contributed by atoms with van der Waals surface area (Å²) in [6, 6.07) is 7.47. The first-order valence-corrected chi connectivity index (χ1v) is 11.6. The molecule has 11 heteroatoms. The SMILES string of the molecule is CCC[C@@H](CCCOc1ncccc1C(N)=O)NC(=O)c1cc(Br)cc(OCCC(F)(F)F)c1. The topological polar surface area (TPSA) is 104 Å². The van der Waals surface area contributed by atoms with E-state index in [0.29, 0.717) is 17.3 Å². The van der Waals surface area contributed by atoms with Crippen LogP contribution in [0.3, 0.4) is 0 Å². The second kappa shape index (κ2) is 13.2. The van der Waals surface area contributed by atoms with Crippen LogP contribution in [-0.2, 0) is 0 Å². The number of hydrogen-bond donors (Lipinski definition) is 2. The number of carbonyl (C=O) groups is 2. The molecule has 0 fully saturated rings. The fourth-order valence-corrected chi connectivity index (χ4v) is 3.63. The summed E-state index contributed by atoms with van der Waals surface area (Å²) in [5.41, 5.74) is 5.78. The van der Waals surface area contributed by atoms with E-state index in [-0.39, 0.29) is 41.3 Å². The highest BCUT2D eigenvalue weighted by atomic mass is 79.9. The molecule has 0 unspecified atom stereocenters. The lowest BCUT2D eigenvalue weighted by atomic mass is 10.1. The van der Waals surface area contributed by atoms with Gasteiger partial charge in [-0.1, -0.05) is 29.3 Å². The average molecular weight is 546 g/mol. The van der Waals surface area contributed by atoms with Gasteiger partial charge in [0.15, 0.2) is 0 Å². The zero-order valence-corrected chi connectivity index (χ0v) is 20.2. The van der Waals surface area contributed by atoms with E-state index in [1.54, 1.807) is 12.1 Å². The van der Waals surface area contributed by atoms with Gasteiger partial charge >= 0.3 is 6.18 Å². The Bertz CT molecular complexity index is 973. The normalized spacial score (nSPS) is 12.1. The molecule has 0 spiro atoms. The van der Waals surface area contributed by atoms with Crippen molar-refractivity contribution in [2.75, 3.05) is 13.2 Å². The van der Waals surface area contributed by atoms with Gasteiger partial charge in [0.05, 0.1) is 19.6 Å². The molecule has 1 aromatic heterocycles. The molecule has 1 atom stereocenters. The molecule has 0 aliphatic carbocycles. The van der Waals surface area contributed by atoms with Crippen LogP contribution in [-0.4, -0.2) is 42.2 Å². The number of nitrogens with zero attached hydrogens (tertiary/aromatic N) is 1. The lowest BCUT2D eigenvalue weighted by Gasteiger charge is -2.19. The molecule has 34 heavy (non-hydrogen) atoms. The molecule has 0 saturated heterocycles. The number of carbonyl (C=O) groups excluding carboxylic acids is 2. The molecule has 0 aliphatic rings. The first kappa shape index (κ1) is 27.4. The van der Waals surface area contributed by atoms with Gasteiger partial charge in [-0.15, -0.1) is 0 Å². The Morgan fingerprint density at radius 2 is 1.94 bits per heavy atom. The van der Waals surface area contributed by atoms with Crippen molar-refractivity contribution >= 4 is 27.7 Å². The summed E-state index contributed by atoms with van der Waals surface area (Å²) in [4.78, 5) is 28.2. The number of pyridine rings is 1. The van der Waals surface area contributed by atoms with E-state index in [1.165, 1.54) is 24.4 Å². The van der Waals surface area contributed by atoms with Crippen molar-refractivity contribution in [2.45, 2.75) is 51.2 Å². The van der Waals surface area contributed by atoms with Crippen LogP contribution in [0.15, 0.2) is 41.0 Å². The highest BCUT2D eigenvalue weighted by Gasteiger charge is 2.27. The van der Waals surface area contributed by atoms with Crippen LogP contribution in [0.1, 0.15) is 59.7 Å². The summed E-state index contributed by atoms with van der Waals surface area (Å²) in [6.07, 6.45) is -1.14. The highest BCUT2D eigenvalue weighted by Crippen LogP contribution is 2.24. The van der Waals surface area contributed by atoms with Crippen molar-refractivity contribution in [3.8, 4) is 11.6 Å². The number of halogens is 4. The van der Waals surface area contributed by atoms with E-state index in [2.05, 4.69) is 26.2 Å². The fourth-order valence-electron chi connectivity index (χ4n) is 3.16. The number of ether oxygens (including phenoxy) is 2. The zero-order chi connectivity index (χ0) is 25.1. The van der Waals surface area contributed by atoms with Crippen molar-refractivity contribution in [2.24, 2.45) is 5.73 Å². The van der Waals surface area contributed by atoms with Crippen molar-refractivity contribution < 1.29 is 32.2 Å². The van der Waals surface area contributed by atoms with E-state index in [1.807, 2.05) is 6.92 Å². The smallest absolute Gasteiger partial charge is 0.392 e. The predicted octanol–water partition coefficient (Wildman–Crippen LogP) is 5.03. The molecule has 186 valence electrons. The summed E-state index contributed by atoms with van der Waals surface area (Å²) in [7, 11) is 0. The minimum absolute atomic E-state index is 0.144. The number of benzene rings is 1. The van der Waals surface area contributed by atoms with Crippen molar-refractivity contribution in [3.63, 3.8) is 0 Å². The quantitative estimate of drug-likeness (QED) is 0.343. The van der Waals surface area contributed by atoms with Crippen LogP contribution in [0.4, 0.5) is 13.2 Å². The molecule has 2 amide bonds. The maximum Gasteiger partial charge on any atom is 0.392 e. The van der Waals surface area contributed by atoms with E-state index >= 15 is 0 Å². The molecule has 7 nitrogen and oxygen atoms in total. The molecule has 0 radical (unpaired) electrons. The Hall–Kier alpha value is -2.82. The van der Waals surface area contributed by atoms with Crippen molar-refractivity contribution in [1.82, 2.24) is 10.3 Å². The monoisotopic (exact) mass is 545 g/mol. The predicted molar refractivity (Wildman–Crippen MR) is 124 cm³/mol. The minimum atomic E-state index is -4.32. The molecule has 0 aliphatic heterocycles. The molecular weight excluding hydrogens is 519 g/mol. The lowest BCUT2D eigenvalue weighted by Crippen LogP contribution is -2.35. The number of alkyl halides is 3. The number of aromatic nitrogens is 1. The standard InChI is InChI=1S/C23H27BrF3N3O4/c1-2-5-17(6-4-10-34-22-19(20(28)31)7-3-9-29-22)30-21(32)15-12-16(24)14-18(13-15)33-11-8-23(25,26)27/h3,7,9,12-14,17H,2,4-6,8,10-11H2,1H3,(H2,28,31)(H,30,32)/t17-/m0/s1. The van der Waals surface area contributed by atoms with Crippen LogP contribution in [0.5, 0.6) is 11.6 Å². The number of rotatable bonds is 13. The van der Waals surface area contributed by atoms with E-state index in [4.69, 9.17) is 15.2 Å². The molecule has 2 rings (SSSR count). The summed E-state index contributed by atoms with van der Waals surface area (Å²) in [5, 5.41) is 2.96. The Kier molecular flexibility index (Phi) is 10.6. The Morgan fingerprint density at radius 3 is 2.62 bits per heavy atom. The summed E-state index contributed by atoms with van der Waals surface area (Å²) >= 11 is 3.26. The zero-order valence-electron chi connectivity index (χ0n) is 18.7. The minimum Gasteiger partial charge on any atom is -0.493 e. The van der Waals surface area contributed by atoms with Gasteiger partial charge in [-0.2, -0.15) is 13.2 Å². The number of amides is 2. The maximum atomic E-state index is 12.8. The van der Waals surface area contributed by atoms with Gasteiger partial charge in [-0.3, -0.25) is 9.59 Å². The first-order chi connectivity index (χ1) is 16.1. The van der Waals surface area contributed by atoms with Gasteiger partial charge in [-0.05, 0) is 49.6 Å². The van der Waals surface area contributed by atoms with E-state index < -0.39 is 25.1 Å². The van der Waals surface area contributed by atoms with Crippen LogP contribution in [0.2, 0.25) is 0 Å². The van der Waals surface area contributed by atoms with Gasteiger partial charge in [0, 0.05) is 22.3 Å². The van der Waals surface area contributed by atoms with E-state index in [9.17, 15) is 22.8 Å². The average Bonchev–Trinajstić information content (AvgIpc) is 2.75. The second-order valence-corrected chi connectivity index (χ2v) is 8.48. The van der Waals surface area contributed by atoms with Crippen LogP contribution < -0.4 is 20.5 Å². The van der Waals surface area contributed by atoms with Gasteiger partial charge in [0.25, 0.3) is 11.8 Å². The number of hydrogen-bond acceptors (Lipinski definition) is 5. The summed E-state index contributed by atoms with van der Waals surface area (Å²) in [5.74, 6) is -0.653. The summed E-state index contributed by atoms with van der Waals surface area (Å²) in [6.45, 7) is 1.74. The second-order valence-electron chi connectivity index (χ2n) is 7.56. The van der Waals surface area contributed by atoms with Gasteiger partial charge in [0.2, 0.25) is 5.88 Å². The Balaban J connectivity index is 1.92. The Labute approximate surface area is 204 Å². The molecule has 0 bridgehead atoms. The van der Waals surface area contributed by atoms with Gasteiger partial charge < -0.3 is 20.5 Å². The van der Waals surface area contributed by atoms with Crippen molar-refractivity contribution in [1.29, 1.82) is 0 Å². The number of nitrogens with two attached hydrogens (primary N) is 1. The van der Waals surface area contributed by atoms with Gasteiger partial charge in [0.1, 0.15) is 11.3 Å². The Morgan fingerprint density at radius 1 is 1.18 bits per heavy atom. The van der Waals surface area contributed by atoms with Crippen LogP contribution >= 0.6 is 15.9 Å². The summed E-state index contributed by atoms with van der Waals surface area (Å²) < 4.78 is 48.3. The molecule has 1 aromatic carbocycles. The van der Waals surface area contributed by atoms with E-state index in [0.717, 1.165) is 12.8 Å². The third kappa shape index (κ3) is 9.58. The molecule has 2 aromatic rings. The molecular formula is C23H27BrF3N3O4. The third-order valence-electron chi connectivity index (χ3n) is 4.73. The largest absolute Gasteiger partial charge is 0.493 e. The highest BCUT2D eigenvalue weighted by molar-refractivity contribution is 9.10. The third-order valence-corrected chi connectivity index (χ3v) is 5.19. The molecule has 0 saturated carbocycles. The lowest BCUT2D eigenvalue weighted by molar-refractivity contribution is -0.139.